The van der Waals surface area contributed by atoms with Crippen LogP contribution in [0.4, 0.5) is 4.79 Å². The molecule has 3 fully saturated rings. The molecule has 2 aromatic heterocycles. The summed E-state index contributed by atoms with van der Waals surface area (Å²) in [5.74, 6) is 0.172. The first-order valence-corrected chi connectivity index (χ1v) is 11.2. The van der Waals surface area contributed by atoms with Gasteiger partial charge in [0.05, 0.1) is 24.1 Å². The lowest BCUT2D eigenvalue weighted by Gasteiger charge is -2.35. The first-order valence-electron chi connectivity index (χ1n) is 11.2. The van der Waals surface area contributed by atoms with Crippen LogP contribution in [0, 0.1) is 0 Å². The van der Waals surface area contributed by atoms with Gasteiger partial charge in [-0.1, -0.05) is 19.3 Å². The average molecular weight is 438 g/mol. The molecule has 1 aliphatic carbocycles. The standard InChI is InChI=1S/C22H27N7O3/c1-26-21(32)29(20(31)22(26)7-3-2-4-8-22)14-19(30)28-10-5-6-17(28)16-12-24-13-18(25-16)27-11-9-23-15-27/h9,11-13,15,17H,2-8,10,14H2,1H3. The minimum Gasteiger partial charge on any atom is -0.332 e. The minimum absolute atomic E-state index is 0.226. The first-order chi connectivity index (χ1) is 15.5. The van der Waals surface area contributed by atoms with E-state index in [4.69, 9.17) is 0 Å². The summed E-state index contributed by atoms with van der Waals surface area (Å²) >= 11 is 0. The molecule has 1 spiro atoms. The Balaban J connectivity index is 1.34. The molecule has 3 aliphatic rings. The summed E-state index contributed by atoms with van der Waals surface area (Å²) < 4.78 is 1.76. The molecule has 5 rings (SSSR count). The van der Waals surface area contributed by atoms with Gasteiger partial charge in [-0.2, -0.15) is 0 Å². The number of carbonyl (C=O) groups excluding carboxylic acids is 3. The van der Waals surface area contributed by atoms with Gasteiger partial charge < -0.3 is 9.80 Å². The van der Waals surface area contributed by atoms with Gasteiger partial charge in [-0.05, 0) is 25.7 Å². The van der Waals surface area contributed by atoms with Gasteiger partial charge in [0.25, 0.3) is 5.91 Å². The molecule has 10 nitrogen and oxygen atoms in total. The van der Waals surface area contributed by atoms with E-state index in [1.165, 1.54) is 0 Å². The number of likely N-dealkylation sites (tertiary alicyclic amines) is 1. The van der Waals surface area contributed by atoms with E-state index >= 15 is 0 Å². The molecular weight excluding hydrogens is 410 g/mol. The molecule has 2 aliphatic heterocycles. The molecular formula is C22H27N7O3. The zero-order valence-corrected chi connectivity index (χ0v) is 18.2. The molecule has 32 heavy (non-hydrogen) atoms. The molecule has 168 valence electrons. The van der Waals surface area contributed by atoms with E-state index in [2.05, 4.69) is 15.0 Å². The van der Waals surface area contributed by atoms with Crippen LogP contribution >= 0.6 is 0 Å². The number of likely N-dealkylation sites (N-methyl/N-ethyl adjacent to an activating group) is 1. The molecule has 0 N–H and O–H groups in total. The number of imide groups is 1. The Morgan fingerprint density at radius 1 is 1.12 bits per heavy atom. The lowest BCUT2D eigenvalue weighted by Crippen LogP contribution is -2.49. The highest BCUT2D eigenvalue weighted by Crippen LogP contribution is 2.39. The van der Waals surface area contributed by atoms with Crippen LogP contribution in [0.25, 0.3) is 5.82 Å². The Bertz CT molecular complexity index is 1030. The molecule has 0 bridgehead atoms. The van der Waals surface area contributed by atoms with Crippen molar-refractivity contribution in [3.05, 3.63) is 36.8 Å². The Kier molecular flexibility index (Phi) is 5.15. The van der Waals surface area contributed by atoms with E-state index < -0.39 is 5.54 Å². The maximum absolute atomic E-state index is 13.3. The summed E-state index contributed by atoms with van der Waals surface area (Å²) in [7, 11) is 1.69. The van der Waals surface area contributed by atoms with Gasteiger partial charge in [0, 0.05) is 26.0 Å². The van der Waals surface area contributed by atoms with Gasteiger partial charge >= 0.3 is 6.03 Å². The highest BCUT2D eigenvalue weighted by atomic mass is 16.2. The summed E-state index contributed by atoms with van der Waals surface area (Å²) in [4.78, 5) is 56.9. The van der Waals surface area contributed by atoms with Crippen molar-refractivity contribution in [3.8, 4) is 5.82 Å². The van der Waals surface area contributed by atoms with Crippen LogP contribution in [0.2, 0.25) is 0 Å². The molecule has 10 heteroatoms. The normalized spacial score (nSPS) is 22.9. The summed E-state index contributed by atoms with van der Waals surface area (Å²) in [6, 6.07) is -0.601. The monoisotopic (exact) mass is 437 g/mol. The van der Waals surface area contributed by atoms with Crippen molar-refractivity contribution in [1.82, 2.24) is 34.2 Å². The molecule has 0 radical (unpaired) electrons. The molecule has 2 saturated heterocycles. The fourth-order valence-corrected chi connectivity index (χ4v) is 5.32. The number of hydrogen-bond donors (Lipinski definition) is 0. The van der Waals surface area contributed by atoms with Crippen molar-refractivity contribution < 1.29 is 14.4 Å². The van der Waals surface area contributed by atoms with Crippen molar-refractivity contribution >= 4 is 17.8 Å². The Labute approximate surface area is 186 Å². The third-order valence-corrected chi connectivity index (χ3v) is 7.10. The lowest BCUT2D eigenvalue weighted by molar-refractivity contribution is -0.141. The average Bonchev–Trinajstić information content (AvgIpc) is 3.56. The fraction of sp³-hybridized carbons (Fsp3) is 0.545. The number of hydrogen-bond acceptors (Lipinski definition) is 6. The molecule has 1 unspecified atom stereocenters. The van der Waals surface area contributed by atoms with Crippen molar-refractivity contribution in [3.63, 3.8) is 0 Å². The van der Waals surface area contributed by atoms with Crippen molar-refractivity contribution in [2.24, 2.45) is 0 Å². The second-order valence-corrected chi connectivity index (χ2v) is 8.84. The number of imidazole rings is 1. The van der Waals surface area contributed by atoms with Crippen LogP contribution in [0.15, 0.2) is 31.1 Å². The Hall–Kier alpha value is -3.30. The minimum atomic E-state index is -0.773. The number of rotatable bonds is 4. The van der Waals surface area contributed by atoms with Crippen LogP contribution in [0.1, 0.15) is 56.7 Å². The van der Waals surface area contributed by atoms with Crippen LogP contribution in [-0.2, 0) is 9.59 Å². The topological polar surface area (TPSA) is 105 Å². The highest BCUT2D eigenvalue weighted by Gasteiger charge is 2.56. The zero-order chi connectivity index (χ0) is 22.3. The summed E-state index contributed by atoms with van der Waals surface area (Å²) in [5.41, 5.74) is -0.0769. The van der Waals surface area contributed by atoms with E-state index in [9.17, 15) is 14.4 Å². The first kappa shape index (κ1) is 20.6. The van der Waals surface area contributed by atoms with Gasteiger partial charge in [-0.25, -0.2) is 14.8 Å². The largest absolute Gasteiger partial charge is 0.332 e. The van der Waals surface area contributed by atoms with E-state index in [0.717, 1.165) is 37.0 Å². The number of amides is 4. The van der Waals surface area contributed by atoms with E-state index in [-0.39, 0.29) is 30.4 Å². The summed E-state index contributed by atoms with van der Waals surface area (Å²) in [6.07, 6.45) is 14.3. The van der Waals surface area contributed by atoms with Gasteiger partial charge in [-0.3, -0.25) is 24.0 Å². The van der Waals surface area contributed by atoms with E-state index in [1.807, 2.05) is 0 Å². The van der Waals surface area contributed by atoms with Crippen LogP contribution in [0.3, 0.4) is 0 Å². The third-order valence-electron chi connectivity index (χ3n) is 7.10. The van der Waals surface area contributed by atoms with Crippen molar-refractivity contribution in [2.75, 3.05) is 20.1 Å². The second-order valence-electron chi connectivity index (χ2n) is 8.84. The highest BCUT2D eigenvalue weighted by molar-refractivity contribution is 6.09. The lowest BCUT2D eigenvalue weighted by atomic mass is 9.81. The molecule has 1 atom stereocenters. The molecule has 1 saturated carbocycles. The predicted molar refractivity (Wildman–Crippen MR) is 114 cm³/mol. The molecule has 0 aromatic carbocycles. The molecule has 4 amide bonds. The van der Waals surface area contributed by atoms with Gasteiger partial charge in [0.2, 0.25) is 5.91 Å². The van der Waals surface area contributed by atoms with E-state index in [1.54, 1.807) is 52.5 Å². The Morgan fingerprint density at radius 2 is 1.94 bits per heavy atom. The van der Waals surface area contributed by atoms with Crippen LogP contribution in [-0.4, -0.2) is 77.7 Å². The van der Waals surface area contributed by atoms with Crippen molar-refractivity contribution in [1.29, 1.82) is 0 Å². The predicted octanol–water partition coefficient (Wildman–Crippen LogP) is 1.92. The zero-order valence-electron chi connectivity index (χ0n) is 18.2. The molecule has 4 heterocycles. The number of urea groups is 1. The quantitative estimate of drug-likeness (QED) is 0.677. The number of carbonyl (C=O) groups is 3. The maximum atomic E-state index is 13.3. The van der Waals surface area contributed by atoms with Crippen LogP contribution < -0.4 is 0 Å². The molecule has 2 aromatic rings. The van der Waals surface area contributed by atoms with Crippen molar-refractivity contribution in [2.45, 2.75) is 56.5 Å². The van der Waals surface area contributed by atoms with Crippen LogP contribution in [0.5, 0.6) is 0 Å². The fourth-order valence-electron chi connectivity index (χ4n) is 5.32. The number of aromatic nitrogens is 4. The van der Waals surface area contributed by atoms with Gasteiger partial charge in [0.15, 0.2) is 5.82 Å². The van der Waals surface area contributed by atoms with E-state index in [0.29, 0.717) is 30.9 Å². The summed E-state index contributed by atoms with van der Waals surface area (Å²) in [6.45, 7) is 0.340. The number of nitrogens with zero attached hydrogens (tertiary/aromatic N) is 7. The Morgan fingerprint density at radius 3 is 2.69 bits per heavy atom. The van der Waals surface area contributed by atoms with Gasteiger partial charge in [0.1, 0.15) is 18.4 Å². The smallest absolute Gasteiger partial charge is 0.327 e. The third kappa shape index (κ3) is 3.25. The maximum Gasteiger partial charge on any atom is 0.327 e. The second kappa shape index (κ2) is 7.99. The summed E-state index contributed by atoms with van der Waals surface area (Å²) in [5, 5.41) is 0. The SMILES string of the molecule is CN1C(=O)N(CC(=O)N2CCCC2c2cncc(-n3ccnc3)n2)C(=O)C12CCCCC2. The van der Waals surface area contributed by atoms with Gasteiger partial charge in [-0.15, -0.1) is 0 Å².